The summed E-state index contributed by atoms with van der Waals surface area (Å²) in [4.78, 5) is 55.4. The molecule has 2 spiro atoms. The Kier molecular flexibility index (Phi) is 9.03. The number of ketones is 2. The molecule has 68 heavy (non-hydrogen) atoms. The van der Waals surface area contributed by atoms with Crippen molar-refractivity contribution < 1.29 is 87.6 Å². The Labute approximate surface area is 384 Å². The third-order valence-corrected chi connectivity index (χ3v) is 18.2. The molecule has 6 fully saturated rings. The minimum atomic E-state index is -7.32. The number of likely N-dealkylation sites (tertiary alicyclic amines) is 2. The van der Waals surface area contributed by atoms with Crippen LogP contribution in [0.3, 0.4) is 0 Å². The van der Waals surface area contributed by atoms with Gasteiger partial charge >= 0.3 is 35.6 Å². The van der Waals surface area contributed by atoms with Crippen molar-refractivity contribution in [2.24, 2.45) is 11.8 Å². The maximum atomic E-state index is 15.7. The Morgan fingerprint density at radius 3 is 1.84 bits per heavy atom. The highest BCUT2D eigenvalue weighted by Crippen LogP contribution is 2.69. The molecular formula is C48H49F8N2O10+. The number of benzene rings is 2. The van der Waals surface area contributed by atoms with E-state index in [0.29, 0.717) is 59.9 Å². The average Bonchev–Trinajstić information content (AvgIpc) is 4.22. The number of nitrogens with zero attached hydrogens (tertiary/aromatic N) is 2. The van der Waals surface area contributed by atoms with Gasteiger partial charge in [0.15, 0.2) is 46.8 Å². The zero-order valence-electron chi connectivity index (χ0n) is 37.1. The summed E-state index contributed by atoms with van der Waals surface area (Å²) in [7, 11) is 3.63. The highest BCUT2D eigenvalue weighted by molar-refractivity contribution is 5.92. The van der Waals surface area contributed by atoms with Crippen LogP contribution in [0.15, 0.2) is 24.3 Å². The molecule has 12 nitrogen and oxygen atoms in total. The molecule has 0 amide bonds. The number of methoxy groups -OCH3 is 1. The summed E-state index contributed by atoms with van der Waals surface area (Å²) in [6, 6.07) is 3.86. The molecule has 2 aromatic carbocycles. The molecule has 9 atom stereocenters. The topological polar surface area (TPSA) is 138 Å². The number of esters is 2. The van der Waals surface area contributed by atoms with Crippen molar-refractivity contribution >= 4 is 23.5 Å². The van der Waals surface area contributed by atoms with Gasteiger partial charge in [-0.05, 0) is 87.1 Å². The van der Waals surface area contributed by atoms with Crippen molar-refractivity contribution in [2.45, 2.75) is 147 Å². The fourth-order valence-electron chi connectivity index (χ4n) is 14.7. The summed E-state index contributed by atoms with van der Waals surface area (Å²) in [6.45, 7) is 2.52. The van der Waals surface area contributed by atoms with Crippen LogP contribution >= 0.6 is 0 Å². The van der Waals surface area contributed by atoms with Crippen LogP contribution in [0.4, 0.5) is 35.1 Å². The normalized spacial score (nSPS) is 36.6. The number of piperidine rings is 2. The van der Waals surface area contributed by atoms with E-state index in [9.17, 15) is 24.3 Å². The summed E-state index contributed by atoms with van der Waals surface area (Å²) in [5.74, 6) is -37.6. The van der Waals surface area contributed by atoms with Gasteiger partial charge in [-0.3, -0.25) is 14.5 Å². The van der Waals surface area contributed by atoms with Gasteiger partial charge in [-0.15, -0.1) is 0 Å². The van der Waals surface area contributed by atoms with Gasteiger partial charge in [-0.1, -0.05) is 12.1 Å². The van der Waals surface area contributed by atoms with Gasteiger partial charge in [0.05, 0.1) is 36.6 Å². The number of carbonyl (C=O) groups excluding carboxylic acids is 4. The molecule has 6 aliphatic carbocycles. The molecule has 1 N–H and O–H groups in total. The zero-order valence-corrected chi connectivity index (χ0v) is 37.1. The van der Waals surface area contributed by atoms with Crippen LogP contribution in [-0.4, -0.2) is 138 Å². The highest BCUT2D eigenvalue weighted by Gasteiger charge is 2.86. The minimum absolute atomic E-state index is 0.0133. The van der Waals surface area contributed by atoms with E-state index in [1.807, 2.05) is 0 Å². The van der Waals surface area contributed by atoms with Crippen LogP contribution in [-0.2, 0) is 47.6 Å². The molecule has 4 bridgehead atoms. The van der Waals surface area contributed by atoms with Gasteiger partial charge in [0.2, 0.25) is 0 Å². The van der Waals surface area contributed by atoms with E-state index in [1.54, 1.807) is 0 Å². The zero-order chi connectivity index (χ0) is 48.1. The molecule has 0 radical (unpaired) electrons. The Morgan fingerprint density at radius 2 is 1.28 bits per heavy atom. The number of hydrogen-bond donors (Lipinski definition) is 1. The van der Waals surface area contributed by atoms with E-state index in [0.717, 1.165) is 44.4 Å². The van der Waals surface area contributed by atoms with Crippen LogP contribution in [0.2, 0.25) is 0 Å². The first-order chi connectivity index (χ1) is 32.0. The van der Waals surface area contributed by atoms with Crippen molar-refractivity contribution in [3.63, 3.8) is 0 Å². The first-order valence-corrected chi connectivity index (χ1v) is 23.5. The molecule has 12 rings (SSSR count). The van der Waals surface area contributed by atoms with Crippen LogP contribution in [0.25, 0.3) is 0 Å². The molecule has 0 aromatic heterocycles. The number of aliphatic hydroxyl groups is 1. The maximum absolute atomic E-state index is 15.7. The molecule has 2 aromatic rings. The summed E-state index contributed by atoms with van der Waals surface area (Å²) in [6.07, 6.45) is 2.74. The first kappa shape index (κ1) is 44.8. The third kappa shape index (κ3) is 5.25. The van der Waals surface area contributed by atoms with Crippen molar-refractivity contribution in [3.8, 4) is 23.0 Å². The number of Topliss-reactive ketones (excluding diaryl/α,β-unsaturated/α-hetero) is 2. The molecule has 366 valence electrons. The highest BCUT2D eigenvalue weighted by atomic mass is 19.4. The van der Waals surface area contributed by atoms with E-state index >= 15 is 35.1 Å². The number of likely N-dealkylation sites (N-methyl/N-ethyl adjacent to an activating group) is 1. The van der Waals surface area contributed by atoms with Gasteiger partial charge in [0, 0.05) is 62.4 Å². The monoisotopic (exact) mass is 965 g/mol. The predicted octanol–water partition coefficient (Wildman–Crippen LogP) is 5.80. The Morgan fingerprint density at radius 1 is 0.750 bits per heavy atom. The fraction of sp³-hybridized carbons (Fsp3) is 0.667. The van der Waals surface area contributed by atoms with Crippen LogP contribution in [0.1, 0.15) is 86.5 Å². The average molecular weight is 966 g/mol. The fourth-order valence-corrected chi connectivity index (χ4v) is 14.7. The van der Waals surface area contributed by atoms with Crippen molar-refractivity contribution in [2.75, 3.05) is 40.3 Å². The van der Waals surface area contributed by atoms with Crippen LogP contribution < -0.4 is 18.9 Å². The van der Waals surface area contributed by atoms with Gasteiger partial charge in [-0.25, -0.2) is 9.59 Å². The lowest BCUT2D eigenvalue weighted by Crippen LogP contribution is -2.81. The first-order valence-electron chi connectivity index (χ1n) is 23.5. The number of halogens is 8. The number of alkyl halides is 8. The van der Waals surface area contributed by atoms with E-state index in [-0.39, 0.29) is 61.5 Å². The molecular weight excluding hydrogens is 917 g/mol. The third-order valence-electron chi connectivity index (χ3n) is 18.2. The molecule has 20 heteroatoms. The molecule has 4 heterocycles. The predicted molar refractivity (Wildman–Crippen MR) is 216 cm³/mol. The van der Waals surface area contributed by atoms with E-state index in [1.165, 1.54) is 19.2 Å². The van der Waals surface area contributed by atoms with Crippen LogP contribution in [0.5, 0.6) is 23.0 Å². The largest absolute Gasteiger partial charge is 0.477 e. The standard InChI is InChI=1S/C48H49F8N2O10/c1-58(22-24-5-6-24)18-16-42-34-26-8-10-30(36(34)68-38(42)28(60)12-14-44(42,64-2)32(58)20-26)66-40(62)46(51,52)48(55,56)47(53,54)45(49,50)39(61)65-29-9-7-25-19-31-43(63)13-11-27(59)37-41(43,33(25)35(29)67-37)15-17-57(31)21-23-3-4-23/h7-10,23-24,31-32,37-38,63H,3-6,11-22H2,1-2H3/q+1/t31-,32-,37+,38+,41+,42+,43-,44-,58?/m1/s1. The number of hydrogen-bond acceptors (Lipinski definition) is 11. The van der Waals surface area contributed by atoms with Gasteiger partial charge < -0.3 is 33.3 Å². The van der Waals surface area contributed by atoms with Crippen molar-refractivity contribution in [1.82, 2.24) is 4.90 Å². The van der Waals surface area contributed by atoms with E-state index in [4.69, 9.17) is 18.9 Å². The number of quaternary nitrogens is 1. The van der Waals surface area contributed by atoms with Gasteiger partial charge in [-0.2, -0.15) is 35.1 Å². The second-order valence-corrected chi connectivity index (χ2v) is 21.5. The molecule has 4 saturated carbocycles. The molecule has 4 aliphatic heterocycles. The van der Waals surface area contributed by atoms with Crippen LogP contribution in [0, 0.1) is 11.8 Å². The molecule has 2 saturated heterocycles. The smallest absolute Gasteiger partial charge is 0.411 e. The van der Waals surface area contributed by atoms with E-state index in [2.05, 4.69) is 16.7 Å². The van der Waals surface area contributed by atoms with E-state index < -0.39 is 105 Å². The lowest BCUT2D eigenvalue weighted by molar-refractivity contribution is -0.950. The number of carbonyl (C=O) groups is 4. The number of ether oxygens (including phenoxy) is 5. The summed E-state index contributed by atoms with van der Waals surface area (Å²) < 4.78 is 154. The van der Waals surface area contributed by atoms with Crippen molar-refractivity contribution in [1.29, 1.82) is 0 Å². The Bertz CT molecular complexity index is 2620. The van der Waals surface area contributed by atoms with Gasteiger partial charge in [0.25, 0.3) is 0 Å². The summed E-state index contributed by atoms with van der Waals surface area (Å²) in [5.41, 5.74) is -3.77. The summed E-state index contributed by atoms with van der Waals surface area (Å²) >= 11 is 0. The Balaban J connectivity index is 0.826. The number of rotatable bonds is 12. The second kappa shape index (κ2) is 13.7. The lowest BCUT2D eigenvalue weighted by atomic mass is 9.48. The quantitative estimate of drug-likeness (QED) is 0.120. The van der Waals surface area contributed by atoms with Crippen molar-refractivity contribution in [3.05, 3.63) is 46.5 Å². The molecule has 1 unspecified atom stereocenters. The second-order valence-electron chi connectivity index (χ2n) is 21.5. The summed E-state index contributed by atoms with van der Waals surface area (Å²) in [5, 5.41) is 12.5. The van der Waals surface area contributed by atoms with Gasteiger partial charge in [0.1, 0.15) is 11.6 Å². The minimum Gasteiger partial charge on any atom is -0.477 e. The Hall–Kier alpha value is -4.40. The molecule has 10 aliphatic rings. The SMILES string of the molecule is CO[C@@]12CCC(=O)[C@@H]3Oc4c(OC(=O)C(F)(F)C(F)(F)C(F)(F)C(F)(F)C(=O)Oc5ccc6c7c5O[C@H]5C(=O)CC[C@@]8(O)[C@@H](C6)N(CC6CC6)CC[C@]758)ccc5c4[C@@]31CC[N+](C)(CC1CC1)[C@@H]2C5. The maximum Gasteiger partial charge on any atom is 0.411 e. The lowest BCUT2D eigenvalue weighted by Gasteiger charge is -2.65.